The first-order valence-corrected chi connectivity index (χ1v) is 6.25. The van der Waals surface area contributed by atoms with Crippen LogP contribution in [0.5, 0.6) is 0 Å². The summed E-state index contributed by atoms with van der Waals surface area (Å²) in [5.41, 5.74) is 0.976. The van der Waals surface area contributed by atoms with Gasteiger partial charge >= 0.3 is 0 Å². The van der Waals surface area contributed by atoms with Gasteiger partial charge in [-0.25, -0.2) is 0 Å². The molecule has 0 radical (unpaired) electrons. The zero-order valence-electron chi connectivity index (χ0n) is 10.7. The molecule has 90 valence electrons. The highest BCUT2D eigenvalue weighted by Crippen LogP contribution is 2.52. The second-order valence-electron chi connectivity index (χ2n) is 6.63. The maximum Gasteiger partial charge on any atom is 0.104 e. The largest absolute Gasteiger partial charge is 0.384 e. The summed E-state index contributed by atoms with van der Waals surface area (Å²) in [4.78, 5) is 2.51. The van der Waals surface area contributed by atoms with E-state index in [0.29, 0.717) is 16.9 Å². The lowest BCUT2D eigenvalue weighted by Gasteiger charge is -2.39. The van der Waals surface area contributed by atoms with Crippen molar-refractivity contribution in [2.45, 2.75) is 46.1 Å². The van der Waals surface area contributed by atoms with Crippen molar-refractivity contribution in [3.8, 4) is 11.8 Å². The van der Waals surface area contributed by atoms with Crippen LogP contribution in [0.15, 0.2) is 0 Å². The van der Waals surface area contributed by atoms with Gasteiger partial charge in [0.1, 0.15) is 6.61 Å². The molecule has 1 saturated carbocycles. The summed E-state index contributed by atoms with van der Waals surface area (Å²) in [6.45, 7) is 9.19. The van der Waals surface area contributed by atoms with Gasteiger partial charge in [0.05, 0.1) is 6.54 Å². The lowest BCUT2D eigenvalue weighted by atomic mass is 9.65. The zero-order valence-corrected chi connectivity index (χ0v) is 10.7. The van der Waals surface area contributed by atoms with Crippen molar-refractivity contribution in [2.75, 3.05) is 19.7 Å². The third-order valence-electron chi connectivity index (χ3n) is 4.01. The lowest BCUT2D eigenvalue weighted by Crippen LogP contribution is -2.34. The van der Waals surface area contributed by atoms with E-state index in [1.807, 2.05) is 0 Å². The topological polar surface area (TPSA) is 23.5 Å². The van der Waals surface area contributed by atoms with Crippen LogP contribution in [0.3, 0.4) is 0 Å². The second kappa shape index (κ2) is 4.05. The first kappa shape index (κ1) is 12.0. The molecule has 1 aliphatic carbocycles. The molecule has 1 N–H and O–H groups in total. The molecular formula is C14H23NO. The summed E-state index contributed by atoms with van der Waals surface area (Å²) in [5.74, 6) is 5.81. The van der Waals surface area contributed by atoms with Gasteiger partial charge in [0, 0.05) is 12.6 Å². The Morgan fingerprint density at radius 1 is 1.25 bits per heavy atom. The van der Waals surface area contributed by atoms with Gasteiger partial charge in [-0.3, -0.25) is 4.90 Å². The number of aliphatic hydroxyl groups excluding tert-OH is 1. The van der Waals surface area contributed by atoms with E-state index < -0.39 is 0 Å². The Morgan fingerprint density at radius 2 is 2.00 bits per heavy atom. The van der Waals surface area contributed by atoms with Crippen molar-refractivity contribution < 1.29 is 5.11 Å². The molecule has 0 aromatic carbocycles. The van der Waals surface area contributed by atoms with E-state index >= 15 is 0 Å². The minimum Gasteiger partial charge on any atom is -0.384 e. The van der Waals surface area contributed by atoms with Crippen LogP contribution < -0.4 is 0 Å². The molecule has 2 unspecified atom stereocenters. The maximum absolute atomic E-state index is 8.67. The van der Waals surface area contributed by atoms with Crippen molar-refractivity contribution in [1.82, 2.24) is 4.90 Å². The zero-order chi connectivity index (χ0) is 11.8. The van der Waals surface area contributed by atoms with E-state index in [4.69, 9.17) is 5.11 Å². The number of aliphatic hydroxyl groups is 1. The van der Waals surface area contributed by atoms with Gasteiger partial charge in [0.2, 0.25) is 0 Å². The minimum atomic E-state index is -0.0126. The summed E-state index contributed by atoms with van der Waals surface area (Å²) in [5, 5.41) is 8.67. The number of hydrogen-bond acceptors (Lipinski definition) is 2. The Balaban J connectivity index is 2.04. The predicted molar refractivity (Wildman–Crippen MR) is 66.0 cm³/mol. The molecular weight excluding hydrogens is 198 g/mol. The summed E-state index contributed by atoms with van der Waals surface area (Å²) in [7, 11) is 0. The van der Waals surface area contributed by atoms with Gasteiger partial charge in [-0.05, 0) is 30.1 Å². The highest BCUT2D eigenvalue weighted by molar-refractivity contribution is 5.08. The normalized spacial score (nSPS) is 36.9. The quantitative estimate of drug-likeness (QED) is 0.683. The molecule has 0 aromatic rings. The SMILES string of the molecule is CC1(C)CC2CC(C)(CN2CC#CCO)C1. The summed E-state index contributed by atoms with van der Waals surface area (Å²) >= 11 is 0. The van der Waals surface area contributed by atoms with Gasteiger partial charge in [-0.15, -0.1) is 0 Å². The van der Waals surface area contributed by atoms with Crippen LogP contribution in [-0.4, -0.2) is 35.7 Å². The minimum absolute atomic E-state index is 0.0126. The van der Waals surface area contributed by atoms with Crippen molar-refractivity contribution >= 4 is 0 Å². The third kappa shape index (κ3) is 2.42. The molecule has 0 amide bonds. The number of hydrogen-bond donors (Lipinski definition) is 1. The first-order valence-electron chi connectivity index (χ1n) is 6.25. The molecule has 2 aliphatic rings. The Bertz CT molecular complexity index is 325. The van der Waals surface area contributed by atoms with E-state index in [1.54, 1.807) is 0 Å². The maximum atomic E-state index is 8.67. The predicted octanol–water partition coefficient (Wildman–Crippen LogP) is 1.88. The molecule has 2 nitrogen and oxygen atoms in total. The van der Waals surface area contributed by atoms with Crippen LogP contribution in [0.4, 0.5) is 0 Å². The first-order chi connectivity index (χ1) is 7.44. The van der Waals surface area contributed by atoms with E-state index in [2.05, 4.69) is 37.5 Å². The fourth-order valence-electron chi connectivity index (χ4n) is 3.97. The highest BCUT2D eigenvalue weighted by Gasteiger charge is 2.49. The van der Waals surface area contributed by atoms with Crippen LogP contribution in [0.25, 0.3) is 0 Å². The van der Waals surface area contributed by atoms with Crippen molar-refractivity contribution in [3.63, 3.8) is 0 Å². The van der Waals surface area contributed by atoms with Gasteiger partial charge in [-0.1, -0.05) is 32.6 Å². The molecule has 2 heteroatoms. The van der Waals surface area contributed by atoms with E-state index in [0.717, 1.165) is 6.54 Å². The Labute approximate surface area is 99.0 Å². The van der Waals surface area contributed by atoms with Gasteiger partial charge < -0.3 is 5.11 Å². The molecule has 0 aromatic heterocycles. The van der Waals surface area contributed by atoms with Gasteiger partial charge in [-0.2, -0.15) is 0 Å². The number of fused-ring (bicyclic) bond motifs is 2. The van der Waals surface area contributed by atoms with Crippen LogP contribution in [-0.2, 0) is 0 Å². The number of likely N-dealkylation sites (tertiary alicyclic amines) is 1. The monoisotopic (exact) mass is 221 g/mol. The third-order valence-corrected chi connectivity index (χ3v) is 4.01. The fourth-order valence-corrected chi connectivity index (χ4v) is 3.97. The van der Waals surface area contributed by atoms with Crippen molar-refractivity contribution in [3.05, 3.63) is 0 Å². The highest BCUT2D eigenvalue weighted by atomic mass is 16.2. The molecule has 0 spiro atoms. The van der Waals surface area contributed by atoms with E-state index in [9.17, 15) is 0 Å². The molecule has 1 aliphatic heterocycles. The van der Waals surface area contributed by atoms with E-state index in [1.165, 1.54) is 25.8 Å². The van der Waals surface area contributed by atoms with Gasteiger partial charge in [0.25, 0.3) is 0 Å². The fraction of sp³-hybridized carbons (Fsp3) is 0.857. The molecule has 1 saturated heterocycles. The molecule has 2 rings (SSSR count). The smallest absolute Gasteiger partial charge is 0.104 e. The van der Waals surface area contributed by atoms with Crippen LogP contribution >= 0.6 is 0 Å². The Hall–Kier alpha value is -0.520. The van der Waals surface area contributed by atoms with Crippen LogP contribution in [0, 0.1) is 22.7 Å². The Kier molecular flexibility index (Phi) is 3.03. The summed E-state index contributed by atoms with van der Waals surface area (Å²) < 4.78 is 0. The standard InChI is InChI=1S/C14H23NO/c1-13(2)8-12-9-14(3,10-13)11-15(12)6-4-5-7-16/h12,16H,6-11H2,1-3H3. The molecule has 2 bridgehead atoms. The van der Waals surface area contributed by atoms with E-state index in [-0.39, 0.29) is 6.61 Å². The average molecular weight is 221 g/mol. The van der Waals surface area contributed by atoms with Crippen LogP contribution in [0.1, 0.15) is 40.0 Å². The van der Waals surface area contributed by atoms with Gasteiger partial charge in [0.15, 0.2) is 0 Å². The molecule has 16 heavy (non-hydrogen) atoms. The van der Waals surface area contributed by atoms with Crippen molar-refractivity contribution in [2.24, 2.45) is 10.8 Å². The molecule has 2 atom stereocenters. The number of rotatable bonds is 1. The number of nitrogens with zero attached hydrogens (tertiary/aromatic N) is 1. The Morgan fingerprint density at radius 3 is 2.69 bits per heavy atom. The second-order valence-corrected chi connectivity index (χ2v) is 6.63. The van der Waals surface area contributed by atoms with Crippen molar-refractivity contribution in [1.29, 1.82) is 0 Å². The summed E-state index contributed by atoms with van der Waals surface area (Å²) in [6.07, 6.45) is 3.96. The van der Waals surface area contributed by atoms with Crippen LogP contribution in [0.2, 0.25) is 0 Å². The lowest BCUT2D eigenvalue weighted by molar-refractivity contribution is 0.129. The molecule has 2 fully saturated rings. The molecule has 1 heterocycles. The summed E-state index contributed by atoms with van der Waals surface area (Å²) in [6, 6.07) is 0.710. The average Bonchev–Trinajstić information content (AvgIpc) is 2.35.